The fraction of sp³-hybridized carbons (Fsp3) is 0. The van der Waals surface area contributed by atoms with Crippen molar-refractivity contribution >= 4 is 106 Å². The van der Waals surface area contributed by atoms with Crippen LogP contribution in [-0.4, -0.2) is 14.5 Å². The van der Waals surface area contributed by atoms with Gasteiger partial charge in [-0.05, 0) is 29.0 Å². The largest absolute Gasteiger partial charge is 0.277 e. The number of rotatable bonds is 2. The van der Waals surface area contributed by atoms with E-state index in [0.717, 1.165) is 37.9 Å². The molecule has 0 aliphatic heterocycles. The first-order chi connectivity index (χ1) is 23.3. The molecule has 7 aromatic carbocycles. The van der Waals surface area contributed by atoms with E-state index < -0.39 is 0 Å². The Morgan fingerprint density at radius 3 is 1.87 bits per heavy atom. The van der Waals surface area contributed by atoms with Gasteiger partial charge in [-0.15, -0.1) is 22.7 Å². The minimum Gasteiger partial charge on any atom is -0.277 e. The second-order valence-electron chi connectivity index (χ2n) is 12.1. The van der Waals surface area contributed by atoms with Gasteiger partial charge in [0.2, 0.25) is 5.95 Å². The molecule has 11 rings (SSSR count). The number of thiophene rings is 2. The predicted octanol–water partition coefficient (Wildman–Crippen LogP) is 12.3. The van der Waals surface area contributed by atoms with Crippen LogP contribution in [0.1, 0.15) is 0 Å². The third-order valence-electron chi connectivity index (χ3n) is 9.60. The van der Waals surface area contributed by atoms with Gasteiger partial charge in [0, 0.05) is 57.4 Å². The van der Waals surface area contributed by atoms with Crippen molar-refractivity contribution in [2.24, 2.45) is 0 Å². The molecule has 0 bridgehead atoms. The summed E-state index contributed by atoms with van der Waals surface area (Å²) >= 11 is 3.67. The van der Waals surface area contributed by atoms with Crippen molar-refractivity contribution in [2.45, 2.75) is 0 Å². The molecule has 3 nitrogen and oxygen atoms in total. The highest BCUT2D eigenvalue weighted by atomic mass is 32.1. The summed E-state index contributed by atoms with van der Waals surface area (Å²) in [6, 6.07) is 50.2. The Bertz CT molecular complexity index is 3070. The Morgan fingerprint density at radius 1 is 0.426 bits per heavy atom. The summed E-state index contributed by atoms with van der Waals surface area (Å²) in [4.78, 5) is 10.9. The number of nitrogens with zero attached hydrogens (tertiary/aromatic N) is 3. The van der Waals surface area contributed by atoms with Crippen LogP contribution in [0.15, 0.2) is 140 Å². The van der Waals surface area contributed by atoms with Crippen LogP contribution in [0.5, 0.6) is 0 Å². The lowest BCUT2D eigenvalue weighted by atomic mass is 9.95. The third kappa shape index (κ3) is 3.45. The van der Waals surface area contributed by atoms with Gasteiger partial charge < -0.3 is 0 Å². The summed E-state index contributed by atoms with van der Waals surface area (Å²) in [7, 11) is 0. The molecule has 4 heterocycles. The molecule has 0 aliphatic carbocycles. The van der Waals surface area contributed by atoms with E-state index in [2.05, 4.69) is 144 Å². The Morgan fingerprint density at radius 2 is 1.04 bits per heavy atom. The van der Waals surface area contributed by atoms with Gasteiger partial charge in [-0.25, -0.2) is 9.97 Å². The molecule has 0 spiro atoms. The van der Waals surface area contributed by atoms with Crippen molar-refractivity contribution in [3.63, 3.8) is 0 Å². The van der Waals surface area contributed by atoms with Gasteiger partial charge in [0.1, 0.15) is 0 Å². The predicted molar refractivity (Wildman–Crippen MR) is 203 cm³/mol. The van der Waals surface area contributed by atoms with E-state index in [1.165, 1.54) is 57.2 Å². The van der Waals surface area contributed by atoms with Crippen LogP contribution >= 0.6 is 22.7 Å². The van der Waals surface area contributed by atoms with Crippen LogP contribution < -0.4 is 0 Å². The van der Waals surface area contributed by atoms with E-state index >= 15 is 0 Å². The lowest BCUT2D eigenvalue weighted by Gasteiger charge is -2.13. The molecule has 0 amide bonds. The highest BCUT2D eigenvalue weighted by Crippen LogP contribution is 2.47. The minimum absolute atomic E-state index is 0.693. The maximum absolute atomic E-state index is 5.44. The molecule has 0 unspecified atom stereocenters. The van der Waals surface area contributed by atoms with Gasteiger partial charge >= 0.3 is 0 Å². The molecule has 0 N–H and O–H groups in total. The Balaban J connectivity index is 1.36. The molecular weight excluding hydrogens is 611 g/mol. The quantitative estimate of drug-likeness (QED) is 0.177. The van der Waals surface area contributed by atoms with Crippen molar-refractivity contribution < 1.29 is 0 Å². The highest BCUT2D eigenvalue weighted by molar-refractivity contribution is 7.27. The van der Waals surface area contributed by atoms with Gasteiger partial charge in [0.15, 0.2) is 0 Å². The molecule has 0 atom stereocenters. The molecule has 4 aromatic heterocycles. The monoisotopic (exact) mass is 633 g/mol. The van der Waals surface area contributed by atoms with Crippen molar-refractivity contribution in [1.82, 2.24) is 14.5 Å². The van der Waals surface area contributed by atoms with Gasteiger partial charge in [0.05, 0.1) is 26.9 Å². The Kier molecular flexibility index (Phi) is 5.14. The summed E-state index contributed by atoms with van der Waals surface area (Å²) in [5.41, 5.74) is 5.31. The second kappa shape index (κ2) is 9.46. The second-order valence-corrected chi connectivity index (χ2v) is 14.2. The zero-order valence-electron chi connectivity index (χ0n) is 24.9. The average Bonchev–Trinajstić information content (AvgIpc) is 3.81. The number of fused-ring (bicyclic) bond motifs is 15. The standard InChI is InChI=1S/C42H23N3S2/c1-2-12-24(13-3-1)37-41-38(30-18-8-11-21-34(30)47-41)44-42(43-37)45-32-19-9-6-17-29(32)35-31-23-22-28-25-14-7-10-20-33(25)46-40(28)36(31)26-15-4-5-16-27(26)39(35)45/h1-23H. The zero-order chi connectivity index (χ0) is 30.6. The minimum atomic E-state index is 0.693. The number of hydrogen-bond donors (Lipinski definition) is 0. The first kappa shape index (κ1) is 25.6. The van der Waals surface area contributed by atoms with Gasteiger partial charge in [-0.3, -0.25) is 4.57 Å². The first-order valence-electron chi connectivity index (χ1n) is 15.8. The van der Waals surface area contributed by atoms with E-state index in [1.54, 1.807) is 11.3 Å². The topological polar surface area (TPSA) is 30.7 Å². The number of aromatic nitrogens is 3. The summed E-state index contributed by atoms with van der Waals surface area (Å²) in [5.74, 6) is 0.693. The third-order valence-corrected chi connectivity index (χ3v) is 12.0. The van der Waals surface area contributed by atoms with Crippen molar-refractivity contribution in [1.29, 1.82) is 0 Å². The summed E-state index contributed by atoms with van der Waals surface area (Å²) in [5, 5.41) is 11.3. The Hall–Kier alpha value is -5.62. The molecular formula is C42H23N3S2. The molecule has 0 fully saturated rings. The first-order valence-corrected chi connectivity index (χ1v) is 17.4. The molecule has 0 radical (unpaired) electrons. The summed E-state index contributed by atoms with van der Waals surface area (Å²) in [6.45, 7) is 0. The van der Waals surface area contributed by atoms with Crippen molar-refractivity contribution in [2.75, 3.05) is 0 Å². The van der Waals surface area contributed by atoms with Gasteiger partial charge in [0.25, 0.3) is 0 Å². The van der Waals surface area contributed by atoms with Crippen LogP contribution in [0.25, 0.3) is 101 Å². The SMILES string of the molecule is c1ccc(-c2nc(-n3c4ccccc4c4c5ccc6c7ccccc7sc6c5c5ccccc5c43)nc3c2sc2ccccc23)cc1. The smallest absolute Gasteiger partial charge is 0.235 e. The molecule has 11 aromatic rings. The van der Waals surface area contributed by atoms with E-state index in [9.17, 15) is 0 Å². The van der Waals surface area contributed by atoms with Crippen LogP contribution in [0, 0.1) is 0 Å². The van der Waals surface area contributed by atoms with E-state index in [0.29, 0.717) is 5.95 Å². The van der Waals surface area contributed by atoms with E-state index in [4.69, 9.17) is 9.97 Å². The van der Waals surface area contributed by atoms with Crippen molar-refractivity contribution in [3.8, 4) is 17.2 Å². The molecule has 0 aliphatic rings. The molecule has 0 saturated carbocycles. The van der Waals surface area contributed by atoms with Crippen LogP contribution in [0.3, 0.4) is 0 Å². The Labute approximate surface area is 276 Å². The number of para-hydroxylation sites is 1. The molecule has 5 heteroatoms. The lowest BCUT2D eigenvalue weighted by Crippen LogP contribution is -2.03. The fourth-order valence-corrected chi connectivity index (χ4v) is 10.0. The number of hydrogen-bond acceptors (Lipinski definition) is 4. The average molecular weight is 634 g/mol. The van der Waals surface area contributed by atoms with Crippen molar-refractivity contribution in [3.05, 3.63) is 140 Å². The van der Waals surface area contributed by atoms with E-state index in [1.807, 2.05) is 11.3 Å². The van der Waals surface area contributed by atoms with E-state index in [-0.39, 0.29) is 0 Å². The summed E-state index contributed by atoms with van der Waals surface area (Å²) in [6.07, 6.45) is 0. The fourth-order valence-electron chi connectivity index (χ4n) is 7.62. The van der Waals surface area contributed by atoms with Gasteiger partial charge in [-0.1, -0.05) is 121 Å². The highest BCUT2D eigenvalue weighted by Gasteiger charge is 2.24. The van der Waals surface area contributed by atoms with Crippen LogP contribution in [0.4, 0.5) is 0 Å². The maximum atomic E-state index is 5.44. The molecule has 0 saturated heterocycles. The van der Waals surface area contributed by atoms with Crippen LogP contribution in [-0.2, 0) is 0 Å². The molecule has 47 heavy (non-hydrogen) atoms. The normalized spacial score (nSPS) is 12.3. The maximum Gasteiger partial charge on any atom is 0.235 e. The van der Waals surface area contributed by atoms with Gasteiger partial charge in [-0.2, -0.15) is 0 Å². The lowest BCUT2D eigenvalue weighted by molar-refractivity contribution is 1.02. The molecule has 218 valence electrons. The van der Waals surface area contributed by atoms with Crippen LogP contribution in [0.2, 0.25) is 0 Å². The summed E-state index contributed by atoms with van der Waals surface area (Å²) < 4.78 is 7.31. The number of benzene rings is 7. The zero-order valence-corrected chi connectivity index (χ0v) is 26.6.